The van der Waals surface area contributed by atoms with Crippen molar-refractivity contribution < 1.29 is 13.2 Å². The Hall–Kier alpha value is -1.15. The second-order valence-corrected chi connectivity index (χ2v) is 11.1. The van der Waals surface area contributed by atoms with Crippen molar-refractivity contribution in [2.24, 2.45) is 0 Å². The van der Waals surface area contributed by atoms with Crippen LogP contribution in [0.3, 0.4) is 0 Å². The van der Waals surface area contributed by atoms with E-state index in [9.17, 15) is 13.2 Å². The Morgan fingerprint density at radius 3 is 2.20 bits per heavy atom. The van der Waals surface area contributed by atoms with Gasteiger partial charge in [-0.15, -0.1) is 0 Å². The van der Waals surface area contributed by atoms with E-state index in [1.165, 1.54) is 12.8 Å². The highest BCUT2D eigenvalue weighted by molar-refractivity contribution is 7.89. The summed E-state index contributed by atoms with van der Waals surface area (Å²) in [5, 5.41) is 3.77. The fraction of sp³-hybridized carbons (Fsp3) is 0.682. The maximum atomic E-state index is 12.7. The highest BCUT2D eigenvalue weighted by Gasteiger charge is 2.40. The second-order valence-electron chi connectivity index (χ2n) is 8.53. The molecule has 1 heterocycles. The summed E-state index contributed by atoms with van der Waals surface area (Å²) in [6.45, 7) is 5.01. The van der Waals surface area contributed by atoms with E-state index in [1.807, 2.05) is 6.92 Å². The molecule has 1 saturated heterocycles. The SMILES string of the molecule is CCCS(=O)(=O)N1CCN(C2(CNC(=O)c3ccc(Cl)cc3)CCCCCC2)CC1. The molecular weight excluding hydrogens is 422 g/mol. The van der Waals surface area contributed by atoms with Gasteiger partial charge < -0.3 is 5.32 Å². The van der Waals surface area contributed by atoms with E-state index in [4.69, 9.17) is 11.6 Å². The Morgan fingerprint density at radius 1 is 1.03 bits per heavy atom. The van der Waals surface area contributed by atoms with Gasteiger partial charge in [0.2, 0.25) is 10.0 Å². The van der Waals surface area contributed by atoms with Crippen molar-refractivity contribution in [3.8, 4) is 0 Å². The molecule has 168 valence electrons. The first kappa shape index (κ1) is 23.5. The monoisotopic (exact) mass is 455 g/mol. The zero-order valence-electron chi connectivity index (χ0n) is 17.9. The van der Waals surface area contributed by atoms with E-state index < -0.39 is 10.0 Å². The largest absolute Gasteiger partial charge is 0.350 e. The third-order valence-electron chi connectivity index (χ3n) is 6.48. The van der Waals surface area contributed by atoms with Gasteiger partial charge in [0.25, 0.3) is 5.91 Å². The topological polar surface area (TPSA) is 69.7 Å². The van der Waals surface area contributed by atoms with Gasteiger partial charge in [-0.05, 0) is 43.5 Å². The molecule has 1 N–H and O–H groups in total. The third kappa shape index (κ3) is 5.75. The lowest BCUT2D eigenvalue weighted by Crippen LogP contribution is -2.61. The number of carbonyl (C=O) groups excluding carboxylic acids is 1. The predicted molar refractivity (Wildman–Crippen MR) is 121 cm³/mol. The molecule has 0 radical (unpaired) electrons. The fourth-order valence-electron chi connectivity index (χ4n) is 4.77. The zero-order valence-corrected chi connectivity index (χ0v) is 19.5. The molecule has 1 amide bonds. The van der Waals surface area contributed by atoms with Gasteiger partial charge in [-0.25, -0.2) is 8.42 Å². The maximum absolute atomic E-state index is 12.7. The first-order valence-electron chi connectivity index (χ1n) is 11.1. The predicted octanol–water partition coefficient (Wildman–Crippen LogP) is 3.52. The number of rotatable bonds is 7. The number of halogens is 1. The Balaban J connectivity index is 1.68. The minimum absolute atomic E-state index is 0.0838. The Bertz CT molecular complexity index is 797. The van der Waals surface area contributed by atoms with Crippen LogP contribution < -0.4 is 5.32 Å². The molecular formula is C22H34ClN3O3S. The van der Waals surface area contributed by atoms with Crippen LogP contribution in [0, 0.1) is 0 Å². The smallest absolute Gasteiger partial charge is 0.251 e. The second kappa shape index (κ2) is 10.4. The fourth-order valence-corrected chi connectivity index (χ4v) is 6.39. The molecule has 0 bridgehead atoms. The molecule has 30 heavy (non-hydrogen) atoms. The molecule has 2 fully saturated rings. The van der Waals surface area contributed by atoms with Crippen molar-refractivity contribution in [2.45, 2.75) is 57.4 Å². The average molecular weight is 456 g/mol. The molecule has 3 rings (SSSR count). The van der Waals surface area contributed by atoms with E-state index in [0.29, 0.717) is 36.6 Å². The van der Waals surface area contributed by atoms with E-state index >= 15 is 0 Å². The van der Waals surface area contributed by atoms with Gasteiger partial charge in [0.1, 0.15) is 0 Å². The molecule has 0 unspecified atom stereocenters. The maximum Gasteiger partial charge on any atom is 0.251 e. The number of benzene rings is 1. The lowest BCUT2D eigenvalue weighted by molar-refractivity contribution is 0.0391. The lowest BCUT2D eigenvalue weighted by Gasteiger charge is -2.47. The standard InChI is InChI=1S/C22H34ClN3O3S/c1-2-17-30(28,29)26-15-13-25(14-16-26)22(11-5-3-4-6-12-22)18-24-21(27)19-7-9-20(23)10-8-19/h7-10H,2-6,11-18H2,1H3,(H,24,27). The first-order valence-corrected chi connectivity index (χ1v) is 13.1. The summed E-state index contributed by atoms with van der Waals surface area (Å²) in [6, 6.07) is 6.95. The van der Waals surface area contributed by atoms with Gasteiger partial charge in [0, 0.05) is 48.8 Å². The summed E-state index contributed by atoms with van der Waals surface area (Å²) in [6.07, 6.45) is 7.44. The van der Waals surface area contributed by atoms with E-state index in [0.717, 1.165) is 38.8 Å². The van der Waals surface area contributed by atoms with Gasteiger partial charge in [-0.3, -0.25) is 9.69 Å². The van der Waals surface area contributed by atoms with Crippen molar-refractivity contribution in [1.82, 2.24) is 14.5 Å². The minimum atomic E-state index is -3.15. The molecule has 0 atom stereocenters. The molecule has 1 aromatic carbocycles. The molecule has 1 aliphatic carbocycles. The number of hydrogen-bond acceptors (Lipinski definition) is 4. The molecule has 0 aromatic heterocycles. The third-order valence-corrected chi connectivity index (χ3v) is 8.81. The van der Waals surface area contributed by atoms with Crippen LogP contribution in [-0.2, 0) is 10.0 Å². The number of carbonyl (C=O) groups is 1. The van der Waals surface area contributed by atoms with E-state index in [2.05, 4.69) is 10.2 Å². The Labute approximate surface area is 186 Å². The van der Waals surface area contributed by atoms with Crippen LogP contribution in [0.1, 0.15) is 62.2 Å². The molecule has 0 spiro atoms. The van der Waals surface area contributed by atoms with Crippen molar-refractivity contribution in [3.63, 3.8) is 0 Å². The normalized spacial score (nSPS) is 21.1. The van der Waals surface area contributed by atoms with E-state index in [1.54, 1.807) is 28.6 Å². The van der Waals surface area contributed by atoms with Gasteiger partial charge in [-0.2, -0.15) is 4.31 Å². The van der Waals surface area contributed by atoms with Crippen LogP contribution in [0.25, 0.3) is 0 Å². The number of amides is 1. The number of piperazine rings is 1. The van der Waals surface area contributed by atoms with Crippen LogP contribution in [-0.4, -0.2) is 67.5 Å². The lowest BCUT2D eigenvalue weighted by atomic mass is 9.87. The van der Waals surface area contributed by atoms with Gasteiger partial charge in [-0.1, -0.05) is 44.2 Å². The van der Waals surface area contributed by atoms with Crippen molar-refractivity contribution >= 4 is 27.5 Å². The summed E-state index contributed by atoms with van der Waals surface area (Å²) in [5.41, 5.74) is 0.512. The van der Waals surface area contributed by atoms with Crippen molar-refractivity contribution in [3.05, 3.63) is 34.9 Å². The van der Waals surface area contributed by atoms with Crippen LogP contribution in [0.4, 0.5) is 0 Å². The highest BCUT2D eigenvalue weighted by Crippen LogP contribution is 2.33. The van der Waals surface area contributed by atoms with Crippen LogP contribution in [0.15, 0.2) is 24.3 Å². The van der Waals surface area contributed by atoms with Crippen LogP contribution >= 0.6 is 11.6 Å². The molecule has 8 heteroatoms. The quantitative estimate of drug-likeness (QED) is 0.638. The highest BCUT2D eigenvalue weighted by atomic mass is 35.5. The van der Waals surface area contributed by atoms with Crippen LogP contribution in [0.2, 0.25) is 5.02 Å². The molecule has 1 aromatic rings. The molecule has 2 aliphatic rings. The molecule has 1 saturated carbocycles. The average Bonchev–Trinajstić information content (AvgIpc) is 2.99. The minimum Gasteiger partial charge on any atom is -0.350 e. The van der Waals surface area contributed by atoms with Gasteiger partial charge in [0.05, 0.1) is 5.75 Å². The van der Waals surface area contributed by atoms with Crippen molar-refractivity contribution in [2.75, 3.05) is 38.5 Å². The summed E-state index contributed by atoms with van der Waals surface area (Å²) >= 11 is 5.94. The van der Waals surface area contributed by atoms with Gasteiger partial charge in [0.15, 0.2) is 0 Å². The first-order chi connectivity index (χ1) is 14.4. The number of nitrogens with one attached hydrogen (secondary N) is 1. The molecule has 1 aliphatic heterocycles. The summed E-state index contributed by atoms with van der Waals surface area (Å²) in [7, 11) is -3.15. The summed E-state index contributed by atoms with van der Waals surface area (Å²) in [5.74, 6) is 0.134. The Kier molecular flexibility index (Phi) is 8.18. The number of hydrogen-bond donors (Lipinski definition) is 1. The zero-order chi connectivity index (χ0) is 21.6. The Morgan fingerprint density at radius 2 is 1.63 bits per heavy atom. The molecule has 6 nitrogen and oxygen atoms in total. The summed E-state index contributed by atoms with van der Waals surface area (Å²) in [4.78, 5) is 15.1. The van der Waals surface area contributed by atoms with Gasteiger partial charge >= 0.3 is 0 Å². The van der Waals surface area contributed by atoms with Crippen LogP contribution in [0.5, 0.6) is 0 Å². The summed E-state index contributed by atoms with van der Waals surface area (Å²) < 4.78 is 26.5. The number of sulfonamides is 1. The number of nitrogens with zero attached hydrogens (tertiary/aromatic N) is 2. The van der Waals surface area contributed by atoms with Crippen molar-refractivity contribution in [1.29, 1.82) is 0 Å². The van der Waals surface area contributed by atoms with E-state index in [-0.39, 0.29) is 17.2 Å².